The predicted octanol–water partition coefficient (Wildman–Crippen LogP) is 2.34. The summed E-state index contributed by atoms with van der Waals surface area (Å²) in [6, 6.07) is 7.15. The van der Waals surface area contributed by atoms with Crippen LogP contribution < -0.4 is 5.32 Å². The predicted molar refractivity (Wildman–Crippen MR) is 78.7 cm³/mol. The number of rotatable bonds is 3. The zero-order valence-corrected chi connectivity index (χ0v) is 11.9. The van der Waals surface area contributed by atoms with Crippen LogP contribution in [-0.2, 0) is 0 Å². The second-order valence-corrected chi connectivity index (χ2v) is 4.77. The molecule has 1 amide bonds. The van der Waals surface area contributed by atoms with Crippen LogP contribution in [0, 0.1) is 22.9 Å². The van der Waals surface area contributed by atoms with Crippen LogP contribution in [0.5, 0.6) is 0 Å². The van der Waals surface area contributed by atoms with E-state index in [0.29, 0.717) is 5.65 Å². The van der Waals surface area contributed by atoms with Crippen molar-refractivity contribution in [2.24, 2.45) is 0 Å². The second-order valence-electron chi connectivity index (χ2n) is 4.77. The number of nitrogens with one attached hydrogen (secondary N) is 1. The van der Waals surface area contributed by atoms with Gasteiger partial charge in [-0.25, -0.2) is 4.39 Å². The summed E-state index contributed by atoms with van der Waals surface area (Å²) >= 11 is 0. The molecule has 23 heavy (non-hydrogen) atoms. The molecular formula is C14H10FN5O3. The van der Waals surface area contributed by atoms with Crippen LogP contribution in [0.1, 0.15) is 15.9 Å². The molecule has 2 heterocycles. The van der Waals surface area contributed by atoms with Crippen LogP contribution in [0.15, 0.2) is 36.5 Å². The van der Waals surface area contributed by atoms with E-state index < -0.39 is 22.3 Å². The van der Waals surface area contributed by atoms with Crippen molar-refractivity contribution in [3.8, 4) is 0 Å². The first-order valence-corrected chi connectivity index (χ1v) is 6.53. The molecule has 0 saturated heterocycles. The maximum Gasteiger partial charge on any atom is 0.276 e. The fourth-order valence-electron chi connectivity index (χ4n) is 2.09. The number of hydrogen-bond donors (Lipinski definition) is 1. The Balaban J connectivity index is 1.96. The number of amides is 1. The summed E-state index contributed by atoms with van der Waals surface area (Å²) in [6.07, 6.45) is 1.64. The highest BCUT2D eigenvalue weighted by atomic mass is 19.1. The van der Waals surface area contributed by atoms with Gasteiger partial charge in [-0.05, 0) is 25.1 Å². The first kappa shape index (κ1) is 14.6. The van der Waals surface area contributed by atoms with Crippen molar-refractivity contribution in [2.45, 2.75) is 6.92 Å². The van der Waals surface area contributed by atoms with E-state index in [9.17, 15) is 19.3 Å². The molecule has 3 rings (SSSR count). The van der Waals surface area contributed by atoms with Gasteiger partial charge >= 0.3 is 0 Å². The van der Waals surface area contributed by atoms with Gasteiger partial charge in [0.2, 0.25) is 5.95 Å². The Bertz CT molecular complexity index is 937. The number of nitro groups is 1. The van der Waals surface area contributed by atoms with Gasteiger partial charge in [-0.15, -0.1) is 10.2 Å². The van der Waals surface area contributed by atoms with Gasteiger partial charge < -0.3 is 0 Å². The highest BCUT2D eigenvalue weighted by molar-refractivity contribution is 6.04. The number of nitrogens with zero attached hydrogens (tertiary/aromatic N) is 4. The largest absolute Gasteiger partial charge is 0.290 e. The molecule has 0 spiro atoms. The molecule has 0 aliphatic rings. The van der Waals surface area contributed by atoms with Crippen molar-refractivity contribution < 1.29 is 14.1 Å². The van der Waals surface area contributed by atoms with Crippen molar-refractivity contribution in [1.82, 2.24) is 14.6 Å². The summed E-state index contributed by atoms with van der Waals surface area (Å²) in [5.41, 5.74) is -0.239. The van der Waals surface area contributed by atoms with Gasteiger partial charge in [0.05, 0.1) is 10.5 Å². The molecule has 0 bridgehead atoms. The van der Waals surface area contributed by atoms with Crippen LogP contribution >= 0.6 is 0 Å². The molecule has 0 unspecified atom stereocenters. The Morgan fingerprint density at radius 1 is 1.35 bits per heavy atom. The van der Waals surface area contributed by atoms with Gasteiger partial charge in [0.25, 0.3) is 11.6 Å². The average molecular weight is 315 g/mol. The number of pyridine rings is 1. The summed E-state index contributed by atoms with van der Waals surface area (Å²) in [4.78, 5) is 22.4. The van der Waals surface area contributed by atoms with Crippen molar-refractivity contribution in [3.05, 3.63) is 63.6 Å². The molecule has 1 N–H and O–H groups in total. The summed E-state index contributed by atoms with van der Waals surface area (Å²) < 4.78 is 15.3. The summed E-state index contributed by atoms with van der Waals surface area (Å²) in [5, 5.41) is 21.0. The van der Waals surface area contributed by atoms with Crippen LogP contribution in [0.2, 0.25) is 0 Å². The maximum atomic E-state index is 13.8. The third-order valence-electron chi connectivity index (χ3n) is 3.31. The average Bonchev–Trinajstić information content (AvgIpc) is 2.92. The third kappa shape index (κ3) is 2.59. The number of benzene rings is 1. The van der Waals surface area contributed by atoms with Gasteiger partial charge in [-0.1, -0.05) is 6.07 Å². The Labute approximate surface area is 128 Å². The van der Waals surface area contributed by atoms with Crippen molar-refractivity contribution in [1.29, 1.82) is 0 Å². The number of carbonyl (C=O) groups is 1. The fraction of sp³-hybridized carbons (Fsp3) is 0.0714. The van der Waals surface area contributed by atoms with Gasteiger partial charge in [0.1, 0.15) is 5.82 Å². The lowest BCUT2D eigenvalue weighted by molar-refractivity contribution is -0.385. The minimum absolute atomic E-state index is 0.125. The molecular weight excluding hydrogens is 305 g/mol. The van der Waals surface area contributed by atoms with Crippen molar-refractivity contribution in [3.63, 3.8) is 0 Å². The highest BCUT2D eigenvalue weighted by Gasteiger charge is 2.20. The van der Waals surface area contributed by atoms with Crippen molar-refractivity contribution in [2.75, 3.05) is 5.32 Å². The molecule has 0 aliphatic carbocycles. The first-order valence-electron chi connectivity index (χ1n) is 6.53. The zero-order chi connectivity index (χ0) is 16.6. The van der Waals surface area contributed by atoms with E-state index in [1.807, 2.05) is 0 Å². The van der Waals surface area contributed by atoms with Crippen LogP contribution in [0.3, 0.4) is 0 Å². The van der Waals surface area contributed by atoms with Crippen LogP contribution in [0.4, 0.5) is 16.0 Å². The number of carbonyl (C=O) groups excluding carboxylic acids is 1. The van der Waals surface area contributed by atoms with Gasteiger partial charge in [0.15, 0.2) is 5.65 Å². The van der Waals surface area contributed by atoms with E-state index in [0.717, 1.165) is 12.1 Å². The van der Waals surface area contributed by atoms with Gasteiger partial charge in [0, 0.05) is 17.8 Å². The smallest absolute Gasteiger partial charge is 0.276 e. The lowest BCUT2D eigenvalue weighted by atomic mass is 10.1. The molecule has 0 saturated carbocycles. The minimum Gasteiger partial charge on any atom is -0.290 e. The zero-order valence-electron chi connectivity index (χ0n) is 11.9. The quantitative estimate of drug-likeness (QED) is 0.590. The summed E-state index contributed by atoms with van der Waals surface area (Å²) in [7, 11) is 0. The molecule has 3 aromatic rings. The monoisotopic (exact) mass is 315 g/mol. The number of fused-ring (bicyclic) bond motifs is 1. The van der Waals surface area contributed by atoms with E-state index >= 15 is 0 Å². The topological polar surface area (TPSA) is 102 Å². The third-order valence-corrected chi connectivity index (χ3v) is 3.31. The Morgan fingerprint density at radius 2 is 2.13 bits per heavy atom. The normalized spacial score (nSPS) is 10.7. The number of aromatic nitrogens is 3. The second kappa shape index (κ2) is 5.44. The standard InChI is InChI=1S/C14H10FN5O3/c1-8-10(15)6-9(7-11(8)20(22)23)13(21)16-14-18-17-12-4-2-3-5-19(12)14/h2-7H,1H3,(H,16,18,21). The first-order chi connectivity index (χ1) is 11.0. The minimum atomic E-state index is -0.824. The van der Waals surface area contributed by atoms with E-state index in [4.69, 9.17) is 0 Å². The molecule has 1 aromatic carbocycles. The molecule has 0 atom stereocenters. The van der Waals surface area contributed by atoms with Gasteiger partial charge in [-0.3, -0.25) is 24.6 Å². The van der Waals surface area contributed by atoms with Crippen LogP contribution in [0.25, 0.3) is 5.65 Å². The van der Waals surface area contributed by atoms with Gasteiger partial charge in [-0.2, -0.15) is 0 Å². The summed E-state index contributed by atoms with van der Waals surface area (Å²) in [5.74, 6) is -1.41. The molecule has 116 valence electrons. The SMILES string of the molecule is Cc1c(F)cc(C(=O)Nc2nnc3ccccn23)cc1[N+](=O)[O-]. The number of halogens is 1. The molecule has 0 radical (unpaired) electrons. The number of hydrogen-bond acceptors (Lipinski definition) is 5. The summed E-state index contributed by atoms with van der Waals surface area (Å²) in [6.45, 7) is 1.28. The molecule has 9 heteroatoms. The molecule has 0 fully saturated rings. The molecule has 0 aliphatic heterocycles. The maximum absolute atomic E-state index is 13.8. The van der Waals surface area contributed by atoms with E-state index in [1.54, 1.807) is 24.4 Å². The Morgan fingerprint density at radius 3 is 2.87 bits per heavy atom. The Hall–Kier alpha value is -3.36. The number of nitro benzene ring substituents is 1. The molecule has 8 nitrogen and oxygen atoms in total. The van der Waals surface area contributed by atoms with E-state index in [-0.39, 0.29) is 17.1 Å². The number of anilines is 1. The Kier molecular flexibility index (Phi) is 3.45. The van der Waals surface area contributed by atoms with Crippen molar-refractivity contribution >= 4 is 23.2 Å². The van der Waals surface area contributed by atoms with Crippen LogP contribution in [-0.4, -0.2) is 25.4 Å². The lowest BCUT2D eigenvalue weighted by Gasteiger charge is -2.05. The van der Waals surface area contributed by atoms with E-state index in [1.165, 1.54) is 11.3 Å². The fourth-order valence-corrected chi connectivity index (χ4v) is 2.09. The lowest BCUT2D eigenvalue weighted by Crippen LogP contribution is -2.15. The van der Waals surface area contributed by atoms with E-state index in [2.05, 4.69) is 15.5 Å². The molecule has 2 aromatic heterocycles. The highest BCUT2D eigenvalue weighted by Crippen LogP contribution is 2.23.